The Morgan fingerprint density at radius 3 is 2.65 bits per heavy atom. The van der Waals surface area contributed by atoms with Crippen molar-refractivity contribution in [3.63, 3.8) is 0 Å². The van der Waals surface area contributed by atoms with Gasteiger partial charge in [-0.15, -0.1) is 11.3 Å². The molecule has 0 atom stereocenters. The molecule has 0 fully saturated rings. The molecule has 0 radical (unpaired) electrons. The van der Waals surface area contributed by atoms with Gasteiger partial charge in [-0.25, -0.2) is 0 Å². The fourth-order valence-corrected chi connectivity index (χ4v) is 3.00. The minimum atomic E-state index is 0.110. The number of nitrogens with zero attached hydrogens (tertiary/aromatic N) is 2. The van der Waals surface area contributed by atoms with Crippen molar-refractivity contribution in [3.05, 3.63) is 21.3 Å². The number of hydrogen-bond donors (Lipinski definition) is 1. The predicted molar refractivity (Wildman–Crippen MR) is 84.2 cm³/mol. The van der Waals surface area contributed by atoms with Gasteiger partial charge in [-0.05, 0) is 45.0 Å². The van der Waals surface area contributed by atoms with E-state index in [1.54, 1.807) is 4.90 Å². The number of carbonyl (C=O) groups is 1. The van der Waals surface area contributed by atoms with Gasteiger partial charge in [-0.3, -0.25) is 9.69 Å². The van der Waals surface area contributed by atoms with Crippen LogP contribution in [0.15, 0.2) is 12.1 Å². The number of unbranched alkanes of at least 4 members (excludes halogenated alkanes) is 2. The third kappa shape index (κ3) is 6.70. The number of halogens is 1. The zero-order valence-electron chi connectivity index (χ0n) is 12.1. The lowest BCUT2D eigenvalue weighted by molar-refractivity contribution is -0.131. The van der Waals surface area contributed by atoms with Crippen molar-refractivity contribution in [2.75, 3.05) is 33.8 Å². The fourth-order valence-electron chi connectivity index (χ4n) is 1.86. The standard InChI is InChI=1S/C14H23ClN2O2S/c1-16(8-4-3-5-9-18)11-14(19)17(2)10-12-6-7-13(15)20-12/h6-7,18H,3-5,8-11H2,1-2H3. The molecule has 1 heterocycles. The summed E-state index contributed by atoms with van der Waals surface area (Å²) in [5, 5.41) is 8.71. The molecule has 0 unspecified atom stereocenters. The summed E-state index contributed by atoms with van der Waals surface area (Å²) in [6, 6.07) is 3.81. The molecule has 0 bridgehead atoms. The van der Waals surface area contributed by atoms with E-state index >= 15 is 0 Å². The third-order valence-electron chi connectivity index (χ3n) is 3.05. The van der Waals surface area contributed by atoms with Crippen molar-refractivity contribution in [2.24, 2.45) is 0 Å². The highest BCUT2D eigenvalue weighted by atomic mass is 35.5. The maximum atomic E-state index is 12.1. The van der Waals surface area contributed by atoms with Gasteiger partial charge in [-0.2, -0.15) is 0 Å². The molecule has 0 saturated heterocycles. The van der Waals surface area contributed by atoms with Gasteiger partial charge in [0, 0.05) is 18.5 Å². The molecule has 0 aliphatic carbocycles. The summed E-state index contributed by atoms with van der Waals surface area (Å²) in [6.45, 7) is 2.16. The molecule has 6 heteroatoms. The lowest BCUT2D eigenvalue weighted by Gasteiger charge is -2.21. The molecule has 4 nitrogen and oxygen atoms in total. The van der Waals surface area contributed by atoms with Gasteiger partial charge < -0.3 is 10.0 Å². The quantitative estimate of drug-likeness (QED) is 0.711. The molecule has 0 aromatic carbocycles. The first-order valence-electron chi connectivity index (χ1n) is 6.80. The van der Waals surface area contributed by atoms with Crippen LogP contribution in [-0.2, 0) is 11.3 Å². The monoisotopic (exact) mass is 318 g/mol. The van der Waals surface area contributed by atoms with E-state index in [1.807, 2.05) is 31.1 Å². The summed E-state index contributed by atoms with van der Waals surface area (Å²) in [6.07, 6.45) is 2.84. The molecule has 1 aromatic rings. The molecule has 1 rings (SSSR count). The Hall–Kier alpha value is -0.620. The Labute approximate surface area is 129 Å². The summed E-state index contributed by atoms with van der Waals surface area (Å²) in [7, 11) is 3.77. The highest BCUT2D eigenvalue weighted by Crippen LogP contribution is 2.22. The van der Waals surface area contributed by atoms with E-state index in [2.05, 4.69) is 0 Å². The minimum absolute atomic E-state index is 0.110. The summed E-state index contributed by atoms with van der Waals surface area (Å²) in [5.74, 6) is 0.110. The number of aliphatic hydroxyl groups excluding tert-OH is 1. The van der Waals surface area contributed by atoms with Crippen molar-refractivity contribution in [2.45, 2.75) is 25.8 Å². The van der Waals surface area contributed by atoms with Gasteiger partial charge in [0.1, 0.15) is 0 Å². The van der Waals surface area contributed by atoms with E-state index in [0.717, 1.165) is 35.0 Å². The molecule has 1 aromatic heterocycles. The average Bonchev–Trinajstić information content (AvgIpc) is 2.80. The Kier molecular flexibility index (Phi) is 8.14. The van der Waals surface area contributed by atoms with Gasteiger partial charge in [0.05, 0.1) is 17.4 Å². The number of aliphatic hydroxyl groups is 1. The summed E-state index contributed by atoms with van der Waals surface area (Å²) < 4.78 is 0.752. The summed E-state index contributed by atoms with van der Waals surface area (Å²) in [4.78, 5) is 16.9. The first-order chi connectivity index (χ1) is 9.52. The van der Waals surface area contributed by atoms with E-state index in [0.29, 0.717) is 13.1 Å². The summed E-state index contributed by atoms with van der Waals surface area (Å²) in [5.41, 5.74) is 0. The van der Waals surface area contributed by atoms with Gasteiger partial charge >= 0.3 is 0 Å². The van der Waals surface area contributed by atoms with Crippen LogP contribution in [0.3, 0.4) is 0 Å². The van der Waals surface area contributed by atoms with E-state index in [1.165, 1.54) is 11.3 Å². The van der Waals surface area contributed by atoms with Gasteiger partial charge in [0.25, 0.3) is 0 Å². The van der Waals surface area contributed by atoms with Crippen molar-refractivity contribution in [3.8, 4) is 0 Å². The molecule has 0 saturated carbocycles. The third-order valence-corrected chi connectivity index (χ3v) is 4.27. The van der Waals surface area contributed by atoms with Crippen molar-refractivity contribution in [1.82, 2.24) is 9.80 Å². The number of amides is 1. The molecule has 1 N–H and O–H groups in total. The van der Waals surface area contributed by atoms with Crippen molar-refractivity contribution >= 4 is 28.8 Å². The van der Waals surface area contributed by atoms with E-state index in [-0.39, 0.29) is 12.5 Å². The maximum Gasteiger partial charge on any atom is 0.236 e. The Bertz CT molecular complexity index is 412. The molecule has 1 amide bonds. The highest BCUT2D eigenvalue weighted by Gasteiger charge is 2.12. The molecular formula is C14H23ClN2O2S. The maximum absolute atomic E-state index is 12.1. The van der Waals surface area contributed by atoms with Crippen LogP contribution < -0.4 is 0 Å². The van der Waals surface area contributed by atoms with Crippen LogP contribution in [0.4, 0.5) is 0 Å². The number of carbonyl (C=O) groups excluding carboxylic acids is 1. The second-order valence-corrected chi connectivity index (χ2v) is 6.78. The van der Waals surface area contributed by atoms with E-state index in [9.17, 15) is 4.79 Å². The lowest BCUT2D eigenvalue weighted by atomic mass is 10.2. The van der Waals surface area contributed by atoms with E-state index in [4.69, 9.17) is 16.7 Å². The Balaban J connectivity index is 2.26. The van der Waals surface area contributed by atoms with E-state index < -0.39 is 0 Å². The highest BCUT2D eigenvalue weighted by molar-refractivity contribution is 7.16. The SMILES string of the molecule is CN(CCCCCO)CC(=O)N(C)Cc1ccc(Cl)s1. The smallest absolute Gasteiger partial charge is 0.236 e. The molecule has 0 aliphatic rings. The Morgan fingerprint density at radius 1 is 1.30 bits per heavy atom. The topological polar surface area (TPSA) is 43.8 Å². The number of likely N-dealkylation sites (N-methyl/N-ethyl adjacent to an activating group) is 2. The normalized spacial score (nSPS) is 11.1. The fraction of sp³-hybridized carbons (Fsp3) is 0.643. The van der Waals surface area contributed by atoms with Crippen LogP contribution in [0.5, 0.6) is 0 Å². The number of rotatable bonds is 9. The van der Waals surface area contributed by atoms with Gasteiger partial charge in [0.2, 0.25) is 5.91 Å². The first-order valence-corrected chi connectivity index (χ1v) is 8.00. The number of hydrogen-bond acceptors (Lipinski definition) is 4. The minimum Gasteiger partial charge on any atom is -0.396 e. The Morgan fingerprint density at radius 2 is 2.05 bits per heavy atom. The van der Waals surface area contributed by atoms with Crippen LogP contribution >= 0.6 is 22.9 Å². The van der Waals surface area contributed by atoms with Crippen molar-refractivity contribution in [1.29, 1.82) is 0 Å². The zero-order valence-corrected chi connectivity index (χ0v) is 13.7. The average molecular weight is 319 g/mol. The molecular weight excluding hydrogens is 296 g/mol. The van der Waals surface area contributed by atoms with Gasteiger partial charge in [0.15, 0.2) is 0 Å². The second-order valence-electron chi connectivity index (χ2n) is 4.98. The van der Waals surface area contributed by atoms with Gasteiger partial charge in [-0.1, -0.05) is 11.6 Å². The van der Waals surface area contributed by atoms with Crippen LogP contribution in [0.1, 0.15) is 24.1 Å². The zero-order chi connectivity index (χ0) is 15.0. The summed E-state index contributed by atoms with van der Waals surface area (Å²) >= 11 is 7.39. The molecule has 20 heavy (non-hydrogen) atoms. The predicted octanol–water partition coefficient (Wildman–Crippen LogP) is 2.45. The first kappa shape index (κ1) is 17.4. The van der Waals surface area contributed by atoms with Crippen molar-refractivity contribution < 1.29 is 9.90 Å². The second kappa shape index (κ2) is 9.34. The van der Waals surface area contributed by atoms with Crippen LogP contribution in [0, 0.1) is 0 Å². The number of thiophene rings is 1. The largest absolute Gasteiger partial charge is 0.396 e. The van der Waals surface area contributed by atoms with Crippen LogP contribution in [0.2, 0.25) is 4.34 Å². The van der Waals surface area contributed by atoms with Crippen LogP contribution in [-0.4, -0.2) is 54.6 Å². The molecule has 0 spiro atoms. The molecule has 114 valence electrons. The van der Waals surface area contributed by atoms with Crippen LogP contribution in [0.25, 0.3) is 0 Å². The molecule has 0 aliphatic heterocycles. The lowest BCUT2D eigenvalue weighted by Crippen LogP contribution is -2.36.